The highest BCUT2D eigenvalue weighted by Crippen LogP contribution is 2.01. The van der Waals surface area contributed by atoms with Crippen molar-refractivity contribution in [3.8, 4) is 0 Å². The lowest BCUT2D eigenvalue weighted by molar-refractivity contribution is 0.261. The van der Waals surface area contributed by atoms with Crippen LogP contribution in [0.15, 0.2) is 13.2 Å². The molecule has 0 saturated heterocycles. The van der Waals surface area contributed by atoms with Crippen molar-refractivity contribution in [2.24, 2.45) is 0 Å². The molecule has 0 amide bonds. The Morgan fingerprint density at radius 1 is 0.667 bits per heavy atom. The van der Waals surface area contributed by atoms with Crippen LogP contribution in [0, 0.1) is 0 Å². The van der Waals surface area contributed by atoms with Gasteiger partial charge < -0.3 is 4.90 Å². The first-order valence-corrected chi connectivity index (χ1v) is 6.57. The van der Waals surface area contributed by atoms with Crippen LogP contribution in [0.3, 0.4) is 0 Å². The summed E-state index contributed by atoms with van der Waals surface area (Å²) in [6.45, 7) is 16.8. The van der Waals surface area contributed by atoms with Crippen LogP contribution in [0.5, 0.6) is 0 Å². The fraction of sp³-hybridized carbons (Fsp3) is 0.857. The molecule has 0 unspecified atom stereocenters. The Hall–Kier alpha value is -0.300. The van der Waals surface area contributed by atoms with Crippen molar-refractivity contribution in [1.82, 2.24) is 4.90 Å². The zero-order valence-corrected chi connectivity index (χ0v) is 11.2. The smallest absolute Gasteiger partial charge is 0.00188 e. The highest BCUT2D eigenvalue weighted by atomic mass is 15.1. The van der Waals surface area contributed by atoms with Crippen molar-refractivity contribution in [2.75, 3.05) is 19.6 Å². The van der Waals surface area contributed by atoms with Crippen molar-refractivity contribution < 1.29 is 0 Å². The summed E-state index contributed by atoms with van der Waals surface area (Å²) in [5.74, 6) is 0. The van der Waals surface area contributed by atoms with Gasteiger partial charge in [0.1, 0.15) is 0 Å². The van der Waals surface area contributed by atoms with E-state index in [0.717, 1.165) is 0 Å². The van der Waals surface area contributed by atoms with Gasteiger partial charge in [0.25, 0.3) is 0 Å². The molecule has 0 spiro atoms. The van der Waals surface area contributed by atoms with Crippen LogP contribution in [0.4, 0.5) is 0 Å². The Morgan fingerprint density at radius 3 is 1.13 bits per heavy atom. The van der Waals surface area contributed by atoms with Gasteiger partial charge in [0.2, 0.25) is 0 Å². The highest BCUT2D eigenvalue weighted by Gasteiger charge is 2.01. The molecular formula is C14H31N. The Morgan fingerprint density at radius 2 is 0.933 bits per heavy atom. The molecule has 0 aliphatic rings. The number of unbranched alkanes of at least 4 members (excludes halogenated alkanes) is 3. The van der Waals surface area contributed by atoms with E-state index in [2.05, 4.69) is 38.8 Å². The van der Waals surface area contributed by atoms with Crippen LogP contribution in [0.25, 0.3) is 0 Å². The van der Waals surface area contributed by atoms with E-state index in [4.69, 9.17) is 0 Å². The van der Waals surface area contributed by atoms with Crippen molar-refractivity contribution >= 4 is 0 Å². The molecule has 0 rings (SSSR count). The molecule has 0 heterocycles. The van der Waals surface area contributed by atoms with E-state index in [-0.39, 0.29) is 0 Å². The summed E-state index contributed by atoms with van der Waals surface area (Å²) in [5.41, 5.74) is 0. The second-order valence-corrected chi connectivity index (χ2v) is 3.90. The van der Waals surface area contributed by atoms with Gasteiger partial charge in [0, 0.05) is 0 Å². The summed E-state index contributed by atoms with van der Waals surface area (Å²) in [7, 11) is 0. The molecule has 0 atom stereocenters. The van der Waals surface area contributed by atoms with E-state index in [9.17, 15) is 0 Å². The molecule has 92 valence electrons. The standard InChI is InChI=1S/C12H27N.C2H4/c1-4-7-10-13(11-8-5-2)12-9-6-3;1-2/h4-12H2,1-3H3;1-2H2. The van der Waals surface area contributed by atoms with Crippen molar-refractivity contribution in [3.05, 3.63) is 13.2 Å². The maximum Gasteiger partial charge on any atom is -0.00188 e. The van der Waals surface area contributed by atoms with Gasteiger partial charge in [-0.15, -0.1) is 13.2 Å². The van der Waals surface area contributed by atoms with Crippen LogP contribution in [-0.2, 0) is 0 Å². The summed E-state index contributed by atoms with van der Waals surface area (Å²) < 4.78 is 0. The Bertz CT molecular complexity index is 82.5. The second kappa shape index (κ2) is 16.1. The first-order valence-electron chi connectivity index (χ1n) is 6.57. The Labute approximate surface area is 97.6 Å². The topological polar surface area (TPSA) is 3.24 Å². The fourth-order valence-corrected chi connectivity index (χ4v) is 1.48. The zero-order chi connectivity index (χ0) is 11.9. The largest absolute Gasteiger partial charge is 0.303 e. The molecule has 0 saturated carbocycles. The molecule has 0 fully saturated rings. The number of hydrogen-bond donors (Lipinski definition) is 0. The van der Waals surface area contributed by atoms with Gasteiger partial charge in [-0.2, -0.15) is 0 Å². The van der Waals surface area contributed by atoms with E-state index < -0.39 is 0 Å². The van der Waals surface area contributed by atoms with Crippen molar-refractivity contribution in [1.29, 1.82) is 0 Å². The molecular weight excluding hydrogens is 182 g/mol. The van der Waals surface area contributed by atoms with Crippen molar-refractivity contribution in [2.45, 2.75) is 59.3 Å². The van der Waals surface area contributed by atoms with Gasteiger partial charge in [0.15, 0.2) is 0 Å². The summed E-state index contributed by atoms with van der Waals surface area (Å²) >= 11 is 0. The summed E-state index contributed by atoms with van der Waals surface area (Å²) in [5, 5.41) is 0. The minimum atomic E-state index is 1.32. The lowest BCUT2D eigenvalue weighted by Gasteiger charge is -2.21. The minimum Gasteiger partial charge on any atom is -0.303 e. The van der Waals surface area contributed by atoms with Crippen LogP contribution in [-0.4, -0.2) is 24.5 Å². The summed E-state index contributed by atoms with van der Waals surface area (Å²) in [4.78, 5) is 2.64. The summed E-state index contributed by atoms with van der Waals surface area (Å²) in [6, 6.07) is 0. The molecule has 0 aliphatic carbocycles. The average Bonchev–Trinajstić information content (AvgIpc) is 2.31. The van der Waals surface area contributed by atoms with Crippen LogP contribution < -0.4 is 0 Å². The van der Waals surface area contributed by atoms with E-state index in [1.807, 2.05) is 0 Å². The molecule has 1 heteroatoms. The molecule has 0 radical (unpaired) electrons. The van der Waals surface area contributed by atoms with Gasteiger partial charge >= 0.3 is 0 Å². The van der Waals surface area contributed by atoms with Crippen LogP contribution in [0.2, 0.25) is 0 Å². The number of nitrogens with zero attached hydrogens (tertiary/aromatic N) is 1. The van der Waals surface area contributed by atoms with Gasteiger partial charge in [-0.25, -0.2) is 0 Å². The SMILES string of the molecule is C=C.CCCCN(CCCC)CCCC. The van der Waals surface area contributed by atoms with Gasteiger partial charge in [-0.1, -0.05) is 40.0 Å². The van der Waals surface area contributed by atoms with E-state index in [1.165, 1.54) is 58.2 Å². The molecule has 0 aromatic carbocycles. The average molecular weight is 213 g/mol. The number of hydrogen-bond acceptors (Lipinski definition) is 1. The second-order valence-electron chi connectivity index (χ2n) is 3.90. The third kappa shape index (κ3) is 13.7. The molecule has 0 aliphatic heterocycles. The quantitative estimate of drug-likeness (QED) is 0.510. The first-order chi connectivity index (χ1) is 7.35. The van der Waals surface area contributed by atoms with E-state index in [0.29, 0.717) is 0 Å². The molecule has 0 aromatic rings. The van der Waals surface area contributed by atoms with E-state index >= 15 is 0 Å². The summed E-state index contributed by atoms with van der Waals surface area (Å²) in [6.07, 6.45) is 8.09. The minimum absolute atomic E-state index is 1.32. The zero-order valence-electron chi connectivity index (χ0n) is 11.2. The normalized spacial score (nSPS) is 9.87. The lowest BCUT2D eigenvalue weighted by atomic mass is 10.2. The molecule has 1 nitrogen and oxygen atoms in total. The Balaban J connectivity index is 0. The molecule has 0 N–H and O–H groups in total. The molecule has 15 heavy (non-hydrogen) atoms. The highest BCUT2D eigenvalue weighted by molar-refractivity contribution is 4.57. The first kappa shape index (κ1) is 17.1. The maximum absolute atomic E-state index is 3.00. The van der Waals surface area contributed by atoms with Gasteiger partial charge in [-0.3, -0.25) is 0 Å². The molecule has 0 aromatic heterocycles. The third-order valence-corrected chi connectivity index (χ3v) is 2.48. The van der Waals surface area contributed by atoms with Gasteiger partial charge in [-0.05, 0) is 38.9 Å². The van der Waals surface area contributed by atoms with E-state index in [1.54, 1.807) is 0 Å². The lowest BCUT2D eigenvalue weighted by Crippen LogP contribution is -2.27. The predicted molar refractivity (Wildman–Crippen MR) is 72.4 cm³/mol. The van der Waals surface area contributed by atoms with Crippen molar-refractivity contribution in [3.63, 3.8) is 0 Å². The fourth-order valence-electron chi connectivity index (χ4n) is 1.48. The van der Waals surface area contributed by atoms with Crippen LogP contribution in [0.1, 0.15) is 59.3 Å². The predicted octanol–water partition coefficient (Wildman–Crippen LogP) is 4.49. The van der Waals surface area contributed by atoms with Gasteiger partial charge in [0.05, 0.1) is 0 Å². The van der Waals surface area contributed by atoms with Crippen LogP contribution >= 0.6 is 0 Å². The third-order valence-electron chi connectivity index (χ3n) is 2.48. The maximum atomic E-state index is 3.00. The molecule has 0 bridgehead atoms. The number of rotatable bonds is 9. The monoisotopic (exact) mass is 213 g/mol. The Kier molecular flexibility index (Phi) is 18.4.